The number of ether oxygens (including phenoxy) is 4. The molecule has 0 aromatic heterocycles. The van der Waals surface area contributed by atoms with Crippen LogP contribution >= 0.6 is 15.6 Å². The summed E-state index contributed by atoms with van der Waals surface area (Å²) >= 11 is 0. The van der Waals surface area contributed by atoms with Crippen molar-refractivity contribution in [1.82, 2.24) is 0 Å². The van der Waals surface area contributed by atoms with E-state index in [9.17, 15) is 43.2 Å². The van der Waals surface area contributed by atoms with Crippen molar-refractivity contribution in [2.45, 2.75) is 381 Å². The van der Waals surface area contributed by atoms with Crippen molar-refractivity contribution in [2.75, 3.05) is 39.6 Å². The quantitative estimate of drug-likeness (QED) is 0.0222. The number of phosphoric acid groups is 2. The first kappa shape index (κ1) is 89.1. The Bertz CT molecular complexity index is 1790. The van der Waals surface area contributed by atoms with Gasteiger partial charge in [-0.15, -0.1) is 0 Å². The predicted molar refractivity (Wildman–Crippen MR) is 368 cm³/mol. The highest BCUT2D eigenvalue weighted by Gasteiger charge is 2.30. The molecule has 0 aromatic carbocycles. The Labute approximate surface area is 556 Å². The molecule has 0 radical (unpaired) electrons. The van der Waals surface area contributed by atoms with Gasteiger partial charge in [0.2, 0.25) is 0 Å². The van der Waals surface area contributed by atoms with Gasteiger partial charge in [-0.2, -0.15) is 0 Å². The van der Waals surface area contributed by atoms with Gasteiger partial charge in [0.25, 0.3) is 0 Å². The van der Waals surface area contributed by atoms with Crippen molar-refractivity contribution in [2.24, 2.45) is 17.8 Å². The minimum Gasteiger partial charge on any atom is -0.462 e. The van der Waals surface area contributed by atoms with Crippen LogP contribution in [0.2, 0.25) is 0 Å². The van der Waals surface area contributed by atoms with Crippen molar-refractivity contribution >= 4 is 39.5 Å². The van der Waals surface area contributed by atoms with Crippen LogP contribution in [-0.4, -0.2) is 96.7 Å². The van der Waals surface area contributed by atoms with Crippen LogP contribution in [-0.2, 0) is 65.4 Å². The normalized spacial score (nSPS) is 14.5. The lowest BCUT2D eigenvalue weighted by atomic mass is 10.00. The van der Waals surface area contributed by atoms with Crippen LogP contribution in [0.3, 0.4) is 0 Å². The zero-order valence-corrected chi connectivity index (χ0v) is 61.1. The lowest BCUT2D eigenvalue weighted by Crippen LogP contribution is -2.30. The van der Waals surface area contributed by atoms with E-state index in [1.165, 1.54) is 173 Å². The van der Waals surface area contributed by atoms with E-state index in [0.717, 1.165) is 108 Å². The molecule has 3 unspecified atom stereocenters. The smallest absolute Gasteiger partial charge is 0.462 e. The van der Waals surface area contributed by atoms with Gasteiger partial charge < -0.3 is 33.8 Å². The highest BCUT2D eigenvalue weighted by molar-refractivity contribution is 7.47. The standard InChI is InChI=1S/C72H140O17P2/c1-8-10-11-12-13-24-31-39-46-53-69(74)82-60-68(89-72(77)56-49-42-35-34-38-45-52-65(7)9-2)62-87-91(80,81)85-58-66(73)57-84-90(78,79)86-61-67(59-83-70(75)54-47-40-32-27-22-19-18-21-26-30-37-44-51-64(5)6)88-71(76)55-48-41-33-28-23-17-15-14-16-20-25-29-36-43-50-63(3)4/h63-68,73H,8-62H2,1-7H3,(H,78,79)(H,80,81)/t65?,66-,67-,68-/m1/s1. The number of carbonyl (C=O) groups is 4. The van der Waals surface area contributed by atoms with Gasteiger partial charge in [-0.25, -0.2) is 9.13 Å². The van der Waals surface area contributed by atoms with Crippen molar-refractivity contribution in [1.29, 1.82) is 0 Å². The van der Waals surface area contributed by atoms with E-state index >= 15 is 0 Å². The Morgan fingerprint density at radius 3 is 0.835 bits per heavy atom. The van der Waals surface area contributed by atoms with Gasteiger partial charge in [-0.3, -0.25) is 37.3 Å². The average Bonchev–Trinajstić information content (AvgIpc) is 2.64. The van der Waals surface area contributed by atoms with E-state index in [1.54, 1.807) is 0 Å². The molecule has 0 saturated carbocycles. The second kappa shape index (κ2) is 62.8. The van der Waals surface area contributed by atoms with Gasteiger partial charge in [0.1, 0.15) is 19.3 Å². The van der Waals surface area contributed by atoms with Gasteiger partial charge in [0.05, 0.1) is 26.4 Å². The SMILES string of the molecule is CCCCCCCCCCCC(=O)OC[C@H](COP(=O)(O)OC[C@H](O)COP(=O)(O)OC[C@@H](COC(=O)CCCCCCCCCCCCCCC(C)C)OC(=O)CCCCCCCCCCCCCCCCC(C)C)OC(=O)CCCCCCCCC(C)CC. The fourth-order valence-electron chi connectivity index (χ4n) is 10.9. The summed E-state index contributed by atoms with van der Waals surface area (Å²) in [5.74, 6) is 0.171. The molecule has 0 aliphatic rings. The highest BCUT2D eigenvalue weighted by atomic mass is 31.2. The van der Waals surface area contributed by atoms with Gasteiger partial charge in [0, 0.05) is 25.7 Å². The summed E-state index contributed by atoms with van der Waals surface area (Å²) in [7, 11) is -9.90. The number of esters is 4. The lowest BCUT2D eigenvalue weighted by molar-refractivity contribution is -0.161. The summed E-state index contributed by atoms with van der Waals surface area (Å²) in [5.41, 5.74) is 0. The van der Waals surface area contributed by atoms with Crippen molar-refractivity contribution < 1.29 is 80.2 Å². The Balaban J connectivity index is 5.23. The van der Waals surface area contributed by atoms with E-state index in [2.05, 4.69) is 48.5 Å². The number of aliphatic hydroxyl groups excluding tert-OH is 1. The van der Waals surface area contributed by atoms with Crippen molar-refractivity contribution in [3.05, 3.63) is 0 Å². The van der Waals surface area contributed by atoms with Crippen LogP contribution in [0.5, 0.6) is 0 Å². The van der Waals surface area contributed by atoms with E-state index < -0.39 is 97.5 Å². The monoisotopic (exact) mass is 1340 g/mol. The van der Waals surface area contributed by atoms with Crippen LogP contribution in [0, 0.1) is 17.8 Å². The summed E-state index contributed by atoms with van der Waals surface area (Å²) in [6.45, 7) is 11.8. The zero-order chi connectivity index (χ0) is 67.3. The predicted octanol–water partition coefficient (Wildman–Crippen LogP) is 20.6. The van der Waals surface area contributed by atoms with Crippen molar-refractivity contribution in [3.8, 4) is 0 Å². The van der Waals surface area contributed by atoms with Crippen LogP contribution in [0.4, 0.5) is 0 Å². The number of aliphatic hydroxyl groups is 1. The number of unbranched alkanes of at least 4 members (excludes halogenated alkanes) is 37. The summed E-state index contributed by atoms with van der Waals surface area (Å²) < 4.78 is 68.3. The Kier molecular flexibility index (Phi) is 61.5. The first-order valence-corrected chi connectivity index (χ1v) is 40.4. The minimum absolute atomic E-state index is 0.103. The molecule has 0 aliphatic carbocycles. The molecule has 0 heterocycles. The van der Waals surface area contributed by atoms with Gasteiger partial charge >= 0.3 is 39.5 Å². The number of hydrogen-bond donors (Lipinski definition) is 3. The molecule has 0 spiro atoms. The van der Waals surface area contributed by atoms with Gasteiger partial charge in [0.15, 0.2) is 12.2 Å². The Morgan fingerprint density at radius 1 is 0.319 bits per heavy atom. The molecule has 6 atom stereocenters. The fraction of sp³-hybridized carbons (Fsp3) is 0.944. The maximum atomic E-state index is 13.0. The molecule has 0 saturated heterocycles. The molecule has 91 heavy (non-hydrogen) atoms. The van der Waals surface area contributed by atoms with Gasteiger partial charge in [-0.05, 0) is 43.4 Å². The maximum absolute atomic E-state index is 13.0. The Morgan fingerprint density at radius 2 is 0.560 bits per heavy atom. The zero-order valence-electron chi connectivity index (χ0n) is 59.3. The van der Waals surface area contributed by atoms with Crippen LogP contribution in [0.1, 0.15) is 363 Å². The number of hydrogen-bond acceptors (Lipinski definition) is 15. The van der Waals surface area contributed by atoms with E-state index in [4.69, 9.17) is 37.0 Å². The number of phosphoric ester groups is 2. The van der Waals surface area contributed by atoms with Crippen LogP contribution in [0.15, 0.2) is 0 Å². The second-order valence-electron chi connectivity index (χ2n) is 27.2. The molecule has 540 valence electrons. The molecule has 0 bridgehead atoms. The average molecular weight is 1340 g/mol. The molecule has 0 amide bonds. The largest absolute Gasteiger partial charge is 0.472 e. The van der Waals surface area contributed by atoms with Crippen LogP contribution < -0.4 is 0 Å². The summed E-state index contributed by atoms with van der Waals surface area (Å²) in [5, 5.41) is 10.6. The third-order valence-electron chi connectivity index (χ3n) is 17.0. The fourth-order valence-corrected chi connectivity index (χ4v) is 12.4. The molecule has 0 fully saturated rings. The molecule has 0 aromatic rings. The highest BCUT2D eigenvalue weighted by Crippen LogP contribution is 2.45. The minimum atomic E-state index is -4.95. The van der Waals surface area contributed by atoms with Gasteiger partial charge in [-0.1, -0.05) is 312 Å². The first-order chi connectivity index (χ1) is 43.8. The summed E-state index contributed by atoms with van der Waals surface area (Å²) in [6, 6.07) is 0. The summed E-state index contributed by atoms with van der Waals surface area (Å²) in [4.78, 5) is 72.6. The second-order valence-corrected chi connectivity index (χ2v) is 30.1. The van der Waals surface area contributed by atoms with Crippen molar-refractivity contribution in [3.63, 3.8) is 0 Å². The Hall–Kier alpha value is -1.94. The third-order valence-corrected chi connectivity index (χ3v) is 18.9. The molecular formula is C72H140O17P2. The molecule has 19 heteroatoms. The lowest BCUT2D eigenvalue weighted by Gasteiger charge is -2.21. The first-order valence-electron chi connectivity index (χ1n) is 37.4. The topological polar surface area (TPSA) is 237 Å². The maximum Gasteiger partial charge on any atom is 0.472 e. The molecule has 0 aliphatic heterocycles. The molecule has 17 nitrogen and oxygen atoms in total. The van der Waals surface area contributed by atoms with E-state index in [-0.39, 0.29) is 25.7 Å². The molecule has 0 rings (SSSR count). The van der Waals surface area contributed by atoms with E-state index in [0.29, 0.717) is 25.7 Å². The summed E-state index contributed by atoms with van der Waals surface area (Å²) in [6.07, 6.45) is 47.2. The molecule has 3 N–H and O–H groups in total. The van der Waals surface area contributed by atoms with E-state index in [1.807, 2.05) is 0 Å². The molecular weight excluding hydrogens is 1200 g/mol. The number of rotatable bonds is 70. The third kappa shape index (κ3) is 65.1. The number of carbonyl (C=O) groups excluding carboxylic acids is 4. The van der Waals surface area contributed by atoms with Crippen LogP contribution in [0.25, 0.3) is 0 Å².